The van der Waals surface area contributed by atoms with E-state index in [0.29, 0.717) is 11.5 Å². The normalized spacial score (nSPS) is 12.5. The average Bonchev–Trinajstić information content (AvgIpc) is 3.30. The Kier molecular flexibility index (Phi) is 5.25. The second-order valence-electron chi connectivity index (χ2n) is 6.53. The zero-order chi connectivity index (χ0) is 19.5. The summed E-state index contributed by atoms with van der Waals surface area (Å²) >= 11 is 1.80. The smallest absolute Gasteiger partial charge is 0.263 e. The second kappa shape index (κ2) is 7.98. The van der Waals surface area contributed by atoms with Gasteiger partial charge in [0.15, 0.2) is 6.61 Å². The van der Waals surface area contributed by atoms with Crippen LogP contribution >= 0.6 is 11.8 Å². The Morgan fingerprint density at radius 3 is 2.75 bits per heavy atom. The molecule has 0 bridgehead atoms. The molecule has 2 heterocycles. The number of thioether (sulfide) groups is 1. The Bertz CT molecular complexity index is 999. The Morgan fingerprint density at radius 1 is 1.18 bits per heavy atom. The highest BCUT2D eigenvalue weighted by Gasteiger charge is 2.24. The molecule has 1 amide bonds. The van der Waals surface area contributed by atoms with Gasteiger partial charge in [0.25, 0.3) is 5.91 Å². The summed E-state index contributed by atoms with van der Waals surface area (Å²) in [6.07, 6.45) is 0. The molecular weight excluding hydrogens is 374 g/mol. The number of fused-ring (bicyclic) bond motifs is 1. The summed E-state index contributed by atoms with van der Waals surface area (Å²) in [6, 6.07) is 15.3. The van der Waals surface area contributed by atoms with Crippen LogP contribution in [-0.2, 0) is 16.3 Å². The molecule has 0 saturated carbocycles. The molecule has 1 aliphatic rings. The van der Waals surface area contributed by atoms with Crippen LogP contribution in [0.15, 0.2) is 48.5 Å². The summed E-state index contributed by atoms with van der Waals surface area (Å²) in [4.78, 5) is 12.6. The Labute approximate surface area is 167 Å². The SMILES string of the molecule is COc1cccc(OCC(=O)Nc2c3c(nn2-c2ccc(C)cc2)CSC3)c1. The van der Waals surface area contributed by atoms with Crippen molar-refractivity contribution in [2.45, 2.75) is 18.4 Å². The number of benzene rings is 2. The number of hydrogen-bond donors (Lipinski definition) is 1. The van der Waals surface area contributed by atoms with E-state index in [1.54, 1.807) is 31.0 Å². The first-order chi connectivity index (χ1) is 13.6. The largest absolute Gasteiger partial charge is 0.497 e. The van der Waals surface area contributed by atoms with Crippen molar-refractivity contribution in [1.82, 2.24) is 9.78 Å². The average molecular weight is 395 g/mol. The first-order valence-corrected chi connectivity index (χ1v) is 10.1. The number of aryl methyl sites for hydroxylation is 1. The molecule has 144 valence electrons. The van der Waals surface area contributed by atoms with Gasteiger partial charge in [0.05, 0.1) is 18.5 Å². The van der Waals surface area contributed by atoms with Crippen molar-refractivity contribution >= 4 is 23.5 Å². The van der Waals surface area contributed by atoms with Crippen LogP contribution in [0.4, 0.5) is 5.82 Å². The fraction of sp³-hybridized carbons (Fsp3) is 0.238. The number of carbonyl (C=O) groups is 1. The lowest BCUT2D eigenvalue weighted by Gasteiger charge is -2.12. The maximum Gasteiger partial charge on any atom is 0.263 e. The van der Waals surface area contributed by atoms with E-state index in [-0.39, 0.29) is 12.5 Å². The van der Waals surface area contributed by atoms with Crippen molar-refractivity contribution in [2.24, 2.45) is 0 Å². The van der Waals surface area contributed by atoms with Gasteiger partial charge < -0.3 is 14.8 Å². The minimum atomic E-state index is -0.226. The van der Waals surface area contributed by atoms with Crippen LogP contribution < -0.4 is 14.8 Å². The van der Waals surface area contributed by atoms with Crippen molar-refractivity contribution < 1.29 is 14.3 Å². The Balaban J connectivity index is 1.52. The standard InChI is InChI=1S/C21H21N3O3S/c1-14-6-8-15(9-7-14)24-21(18-12-28-13-19(18)23-24)22-20(25)11-27-17-5-3-4-16(10-17)26-2/h3-10H,11-13H2,1-2H3,(H,22,25). The van der Waals surface area contributed by atoms with E-state index in [1.165, 1.54) is 5.56 Å². The fourth-order valence-electron chi connectivity index (χ4n) is 3.02. The minimum Gasteiger partial charge on any atom is -0.497 e. The van der Waals surface area contributed by atoms with E-state index in [1.807, 2.05) is 48.0 Å². The highest BCUT2D eigenvalue weighted by Crippen LogP contribution is 2.36. The highest BCUT2D eigenvalue weighted by molar-refractivity contribution is 7.98. The molecule has 1 aromatic heterocycles. The summed E-state index contributed by atoms with van der Waals surface area (Å²) in [7, 11) is 1.59. The number of nitrogens with one attached hydrogen (secondary N) is 1. The molecule has 7 heteroatoms. The number of hydrogen-bond acceptors (Lipinski definition) is 5. The van der Waals surface area contributed by atoms with Gasteiger partial charge in [-0.3, -0.25) is 4.79 Å². The monoisotopic (exact) mass is 395 g/mol. The van der Waals surface area contributed by atoms with E-state index in [2.05, 4.69) is 5.32 Å². The van der Waals surface area contributed by atoms with Gasteiger partial charge >= 0.3 is 0 Å². The van der Waals surface area contributed by atoms with Crippen LogP contribution in [0.25, 0.3) is 5.69 Å². The van der Waals surface area contributed by atoms with Crippen molar-refractivity contribution in [3.63, 3.8) is 0 Å². The van der Waals surface area contributed by atoms with Crippen LogP contribution in [0, 0.1) is 6.92 Å². The topological polar surface area (TPSA) is 65.4 Å². The Hall–Kier alpha value is -2.93. The number of nitrogens with zero attached hydrogens (tertiary/aromatic N) is 2. The molecule has 1 N–H and O–H groups in total. The van der Waals surface area contributed by atoms with E-state index in [4.69, 9.17) is 14.6 Å². The molecule has 0 radical (unpaired) electrons. The zero-order valence-corrected chi connectivity index (χ0v) is 16.6. The van der Waals surface area contributed by atoms with Crippen LogP contribution in [0.3, 0.4) is 0 Å². The number of amides is 1. The third-order valence-corrected chi connectivity index (χ3v) is 5.47. The molecule has 2 aromatic carbocycles. The molecule has 3 aromatic rings. The summed E-state index contributed by atoms with van der Waals surface area (Å²) in [5, 5.41) is 7.70. The van der Waals surface area contributed by atoms with E-state index < -0.39 is 0 Å². The predicted octanol–water partition coefficient (Wildman–Crippen LogP) is 3.95. The van der Waals surface area contributed by atoms with Crippen molar-refractivity contribution in [2.75, 3.05) is 19.0 Å². The molecular formula is C21H21N3O3S. The van der Waals surface area contributed by atoms with Crippen molar-refractivity contribution in [3.8, 4) is 17.2 Å². The van der Waals surface area contributed by atoms with E-state index in [9.17, 15) is 4.79 Å². The number of ether oxygens (including phenoxy) is 2. The quantitative estimate of drug-likeness (QED) is 0.685. The molecule has 1 aliphatic heterocycles. The lowest BCUT2D eigenvalue weighted by molar-refractivity contribution is -0.118. The first-order valence-electron chi connectivity index (χ1n) is 8.96. The number of methoxy groups -OCH3 is 1. The summed E-state index contributed by atoms with van der Waals surface area (Å²) in [5.41, 5.74) is 4.21. The molecule has 6 nitrogen and oxygen atoms in total. The van der Waals surface area contributed by atoms with Crippen molar-refractivity contribution in [3.05, 3.63) is 65.4 Å². The van der Waals surface area contributed by atoms with Crippen LogP contribution in [0.1, 0.15) is 16.8 Å². The van der Waals surface area contributed by atoms with Gasteiger partial charge in [0, 0.05) is 23.1 Å². The third-order valence-electron chi connectivity index (χ3n) is 4.50. The molecule has 0 unspecified atom stereocenters. The molecule has 0 atom stereocenters. The molecule has 0 saturated heterocycles. The van der Waals surface area contributed by atoms with Gasteiger partial charge in [-0.15, -0.1) is 0 Å². The molecule has 0 aliphatic carbocycles. The Morgan fingerprint density at radius 2 is 1.96 bits per heavy atom. The van der Waals surface area contributed by atoms with Gasteiger partial charge in [-0.25, -0.2) is 4.68 Å². The van der Waals surface area contributed by atoms with Gasteiger partial charge in [0.1, 0.15) is 17.3 Å². The maximum atomic E-state index is 12.6. The zero-order valence-electron chi connectivity index (χ0n) is 15.8. The minimum absolute atomic E-state index is 0.0891. The number of anilines is 1. The summed E-state index contributed by atoms with van der Waals surface area (Å²) in [6.45, 7) is 1.95. The second-order valence-corrected chi connectivity index (χ2v) is 7.52. The number of carbonyl (C=O) groups excluding carboxylic acids is 1. The number of aromatic nitrogens is 2. The van der Waals surface area contributed by atoms with Gasteiger partial charge in [-0.05, 0) is 31.2 Å². The van der Waals surface area contributed by atoms with Crippen LogP contribution in [-0.4, -0.2) is 29.4 Å². The van der Waals surface area contributed by atoms with E-state index >= 15 is 0 Å². The van der Waals surface area contributed by atoms with Gasteiger partial charge in [-0.1, -0.05) is 23.8 Å². The van der Waals surface area contributed by atoms with Crippen molar-refractivity contribution in [1.29, 1.82) is 0 Å². The van der Waals surface area contributed by atoms with Crippen LogP contribution in [0.5, 0.6) is 11.5 Å². The van der Waals surface area contributed by atoms with E-state index in [0.717, 1.165) is 34.3 Å². The number of rotatable bonds is 6. The molecule has 0 fully saturated rings. The van der Waals surface area contributed by atoms with Crippen LogP contribution in [0.2, 0.25) is 0 Å². The maximum absolute atomic E-state index is 12.6. The fourth-order valence-corrected chi connectivity index (χ4v) is 4.06. The summed E-state index contributed by atoms with van der Waals surface area (Å²) in [5.74, 6) is 3.47. The molecule has 28 heavy (non-hydrogen) atoms. The highest BCUT2D eigenvalue weighted by atomic mass is 32.2. The predicted molar refractivity (Wildman–Crippen MR) is 110 cm³/mol. The molecule has 0 spiro atoms. The van der Waals surface area contributed by atoms with Gasteiger partial charge in [-0.2, -0.15) is 16.9 Å². The van der Waals surface area contributed by atoms with Gasteiger partial charge in [0.2, 0.25) is 0 Å². The lowest BCUT2D eigenvalue weighted by Crippen LogP contribution is -2.22. The third kappa shape index (κ3) is 3.84. The summed E-state index contributed by atoms with van der Waals surface area (Å²) < 4.78 is 12.6. The first kappa shape index (κ1) is 18.4. The molecule has 4 rings (SSSR count). The lowest BCUT2D eigenvalue weighted by atomic mass is 10.2.